The van der Waals surface area contributed by atoms with E-state index in [1.54, 1.807) is 0 Å². The molecule has 0 unspecified atom stereocenters. The van der Waals surface area contributed by atoms with Crippen molar-refractivity contribution in [2.24, 2.45) is 0 Å². The van der Waals surface area contributed by atoms with Gasteiger partial charge in [-0.05, 0) is 36.4 Å². The Morgan fingerprint density at radius 2 is 1.90 bits per heavy atom. The topological polar surface area (TPSA) is 52.9 Å². The zero-order valence-electron chi connectivity index (χ0n) is 9.95. The van der Waals surface area contributed by atoms with Crippen molar-refractivity contribution in [1.29, 1.82) is 5.26 Å². The van der Waals surface area contributed by atoms with Gasteiger partial charge >= 0.3 is 0 Å². The first kappa shape index (κ1) is 14.3. The molecule has 20 heavy (non-hydrogen) atoms. The summed E-state index contributed by atoms with van der Waals surface area (Å²) in [6.07, 6.45) is 0. The lowest BCUT2D eigenvalue weighted by atomic mass is 10.2. The molecule has 2 aromatic rings. The molecule has 0 saturated heterocycles. The Hall–Kier alpha value is -2.09. The van der Waals surface area contributed by atoms with Crippen molar-refractivity contribution >= 4 is 34.8 Å². The molecule has 6 heteroatoms. The molecule has 0 saturated carbocycles. The quantitative estimate of drug-likeness (QED) is 0.901. The minimum Gasteiger partial charge on any atom is -0.321 e. The molecule has 2 aromatic carbocycles. The second-order valence-electron chi connectivity index (χ2n) is 3.88. The van der Waals surface area contributed by atoms with E-state index in [2.05, 4.69) is 5.32 Å². The summed E-state index contributed by atoms with van der Waals surface area (Å²) in [4.78, 5) is 12.0. The van der Waals surface area contributed by atoms with Crippen LogP contribution in [0.3, 0.4) is 0 Å². The first-order valence-corrected chi connectivity index (χ1v) is 6.23. The number of nitrogens with zero attached hydrogens (tertiary/aromatic N) is 1. The lowest BCUT2D eigenvalue weighted by molar-refractivity contribution is 0.102. The second-order valence-corrected chi connectivity index (χ2v) is 4.70. The minimum absolute atomic E-state index is 0.00457. The van der Waals surface area contributed by atoms with Crippen LogP contribution in [0.25, 0.3) is 0 Å². The van der Waals surface area contributed by atoms with Gasteiger partial charge in [0, 0.05) is 0 Å². The Morgan fingerprint density at radius 1 is 1.15 bits per heavy atom. The van der Waals surface area contributed by atoms with E-state index in [1.807, 2.05) is 6.07 Å². The molecule has 0 radical (unpaired) electrons. The number of hydrogen-bond acceptors (Lipinski definition) is 2. The van der Waals surface area contributed by atoms with Crippen molar-refractivity contribution in [2.75, 3.05) is 5.32 Å². The molecule has 0 atom stereocenters. The van der Waals surface area contributed by atoms with Crippen LogP contribution in [0.4, 0.5) is 10.1 Å². The summed E-state index contributed by atoms with van der Waals surface area (Å²) in [7, 11) is 0. The third kappa shape index (κ3) is 3.08. The highest BCUT2D eigenvalue weighted by atomic mass is 35.5. The van der Waals surface area contributed by atoms with Crippen molar-refractivity contribution in [3.05, 3.63) is 63.4 Å². The maximum absolute atomic E-state index is 12.9. The third-order valence-corrected chi connectivity index (χ3v) is 3.16. The maximum atomic E-state index is 12.9. The molecule has 0 aliphatic carbocycles. The summed E-state index contributed by atoms with van der Waals surface area (Å²) in [6, 6.07) is 9.87. The fourth-order valence-electron chi connectivity index (χ4n) is 1.55. The van der Waals surface area contributed by atoms with E-state index in [-0.39, 0.29) is 21.3 Å². The zero-order chi connectivity index (χ0) is 14.7. The molecular weight excluding hydrogens is 302 g/mol. The number of amides is 1. The van der Waals surface area contributed by atoms with E-state index >= 15 is 0 Å². The highest BCUT2D eigenvalue weighted by Gasteiger charge is 2.13. The molecule has 1 N–H and O–H groups in total. The zero-order valence-corrected chi connectivity index (χ0v) is 11.5. The molecule has 0 aliphatic rings. The van der Waals surface area contributed by atoms with Crippen LogP contribution in [0.5, 0.6) is 0 Å². The van der Waals surface area contributed by atoms with Crippen LogP contribution in [-0.4, -0.2) is 5.91 Å². The largest absolute Gasteiger partial charge is 0.321 e. The summed E-state index contributed by atoms with van der Waals surface area (Å²) in [6.45, 7) is 0. The molecule has 0 spiro atoms. The molecule has 0 aliphatic heterocycles. The van der Waals surface area contributed by atoms with Gasteiger partial charge in [-0.15, -0.1) is 0 Å². The minimum atomic E-state index is -0.535. The Bertz CT molecular complexity index is 726. The van der Waals surface area contributed by atoms with Crippen LogP contribution in [0.1, 0.15) is 15.9 Å². The molecule has 100 valence electrons. The molecule has 0 heterocycles. The standard InChI is InChI=1S/C14H7Cl2FN2O/c15-11-4-1-8(7-18)5-13(11)19-14(20)10-3-2-9(17)6-12(10)16/h1-6H,(H,19,20). The lowest BCUT2D eigenvalue weighted by Crippen LogP contribution is -2.13. The number of carbonyl (C=O) groups excluding carboxylic acids is 1. The van der Waals surface area contributed by atoms with Gasteiger partial charge in [-0.3, -0.25) is 4.79 Å². The first-order valence-electron chi connectivity index (χ1n) is 5.47. The van der Waals surface area contributed by atoms with Gasteiger partial charge in [0.1, 0.15) is 5.82 Å². The number of benzene rings is 2. The average Bonchev–Trinajstić information content (AvgIpc) is 2.41. The Balaban J connectivity index is 2.30. The average molecular weight is 309 g/mol. The molecule has 1 amide bonds. The fourth-order valence-corrected chi connectivity index (χ4v) is 1.97. The number of nitrogens with one attached hydrogen (secondary N) is 1. The van der Waals surface area contributed by atoms with Crippen molar-refractivity contribution in [3.8, 4) is 6.07 Å². The molecule has 2 rings (SSSR count). The van der Waals surface area contributed by atoms with E-state index < -0.39 is 11.7 Å². The van der Waals surface area contributed by atoms with Gasteiger partial charge in [0.2, 0.25) is 0 Å². The maximum Gasteiger partial charge on any atom is 0.257 e. The van der Waals surface area contributed by atoms with Gasteiger partial charge in [0.15, 0.2) is 0 Å². The number of rotatable bonds is 2. The number of anilines is 1. The van der Waals surface area contributed by atoms with Gasteiger partial charge < -0.3 is 5.32 Å². The molecule has 0 bridgehead atoms. The van der Waals surface area contributed by atoms with E-state index in [9.17, 15) is 9.18 Å². The van der Waals surface area contributed by atoms with Crippen molar-refractivity contribution in [1.82, 2.24) is 0 Å². The van der Waals surface area contributed by atoms with Crippen molar-refractivity contribution in [3.63, 3.8) is 0 Å². The van der Waals surface area contributed by atoms with Gasteiger partial charge in [0.25, 0.3) is 5.91 Å². The van der Waals surface area contributed by atoms with Crippen LogP contribution in [-0.2, 0) is 0 Å². The molecule has 0 fully saturated rings. The monoisotopic (exact) mass is 308 g/mol. The summed E-state index contributed by atoms with van der Waals surface area (Å²) >= 11 is 11.7. The van der Waals surface area contributed by atoms with Crippen LogP contribution < -0.4 is 5.32 Å². The normalized spacial score (nSPS) is 9.90. The Labute approximate surface area is 124 Å². The molecule has 0 aromatic heterocycles. The van der Waals surface area contributed by atoms with E-state index in [0.717, 1.165) is 12.1 Å². The number of hydrogen-bond donors (Lipinski definition) is 1. The summed E-state index contributed by atoms with van der Waals surface area (Å²) < 4.78 is 12.9. The van der Waals surface area contributed by atoms with Gasteiger partial charge in [0.05, 0.1) is 32.9 Å². The van der Waals surface area contributed by atoms with Crippen LogP contribution in [0.2, 0.25) is 10.0 Å². The van der Waals surface area contributed by atoms with Gasteiger partial charge in [-0.2, -0.15) is 5.26 Å². The fraction of sp³-hybridized carbons (Fsp3) is 0. The van der Waals surface area contributed by atoms with Crippen LogP contribution in [0.15, 0.2) is 36.4 Å². The van der Waals surface area contributed by atoms with E-state index in [0.29, 0.717) is 5.56 Å². The van der Waals surface area contributed by atoms with Gasteiger partial charge in [-0.1, -0.05) is 23.2 Å². The highest BCUT2D eigenvalue weighted by molar-refractivity contribution is 6.36. The van der Waals surface area contributed by atoms with Crippen LogP contribution >= 0.6 is 23.2 Å². The Kier molecular flexibility index (Phi) is 4.23. The lowest BCUT2D eigenvalue weighted by Gasteiger charge is -2.08. The van der Waals surface area contributed by atoms with Crippen molar-refractivity contribution in [2.45, 2.75) is 0 Å². The number of nitriles is 1. The smallest absolute Gasteiger partial charge is 0.257 e. The third-order valence-electron chi connectivity index (χ3n) is 2.52. The van der Waals surface area contributed by atoms with Crippen molar-refractivity contribution < 1.29 is 9.18 Å². The van der Waals surface area contributed by atoms with Crippen LogP contribution in [0, 0.1) is 17.1 Å². The predicted octanol–water partition coefficient (Wildman–Crippen LogP) is 4.26. The summed E-state index contributed by atoms with van der Waals surface area (Å²) in [5, 5.41) is 11.6. The summed E-state index contributed by atoms with van der Waals surface area (Å²) in [5.41, 5.74) is 0.762. The molecular formula is C14H7Cl2FN2O. The van der Waals surface area contributed by atoms with Gasteiger partial charge in [-0.25, -0.2) is 4.39 Å². The molecule has 3 nitrogen and oxygen atoms in total. The Morgan fingerprint density at radius 3 is 2.55 bits per heavy atom. The summed E-state index contributed by atoms with van der Waals surface area (Å²) in [5.74, 6) is -1.07. The second kappa shape index (κ2) is 5.91. The number of carbonyl (C=O) groups is 1. The first-order chi connectivity index (χ1) is 9.51. The van der Waals surface area contributed by atoms with E-state index in [4.69, 9.17) is 28.5 Å². The highest BCUT2D eigenvalue weighted by Crippen LogP contribution is 2.25. The van der Waals surface area contributed by atoms with E-state index in [1.165, 1.54) is 24.3 Å². The SMILES string of the molecule is N#Cc1ccc(Cl)c(NC(=O)c2ccc(F)cc2Cl)c1. The predicted molar refractivity (Wildman–Crippen MR) is 75.5 cm³/mol. The number of halogens is 3.